The quantitative estimate of drug-likeness (QED) is 0.334. The summed E-state index contributed by atoms with van der Waals surface area (Å²) in [7, 11) is 1.58. The lowest BCUT2D eigenvalue weighted by Gasteiger charge is -2.36. The van der Waals surface area contributed by atoms with E-state index < -0.39 is 35.9 Å². The molecule has 2 fully saturated rings. The number of amides is 4. The van der Waals surface area contributed by atoms with Crippen LogP contribution in [-0.4, -0.2) is 69.9 Å². The molecule has 4 aromatic rings. The van der Waals surface area contributed by atoms with Crippen molar-refractivity contribution in [3.8, 4) is 5.75 Å². The maximum absolute atomic E-state index is 14.4. The molecule has 10 nitrogen and oxygen atoms in total. The van der Waals surface area contributed by atoms with Gasteiger partial charge in [0.2, 0.25) is 0 Å². The molecule has 4 amide bonds. The van der Waals surface area contributed by atoms with E-state index in [0.717, 1.165) is 32.6 Å². The van der Waals surface area contributed by atoms with Crippen LogP contribution in [0.4, 0.5) is 10.5 Å². The van der Waals surface area contributed by atoms with Gasteiger partial charge in [0.05, 0.1) is 24.3 Å². The van der Waals surface area contributed by atoms with Crippen LogP contribution in [0.15, 0.2) is 72.8 Å². The van der Waals surface area contributed by atoms with Gasteiger partial charge >= 0.3 is 12.0 Å². The molecule has 218 valence electrons. The molecular weight excluding hydrogens is 548 g/mol. The lowest BCUT2D eigenvalue weighted by Crippen LogP contribution is -2.44. The van der Waals surface area contributed by atoms with Crippen LogP contribution in [-0.2, 0) is 16.0 Å². The molecule has 0 aliphatic carbocycles. The monoisotopic (exact) mass is 578 g/mol. The second kappa shape index (κ2) is 10.3. The average Bonchev–Trinajstić information content (AvgIpc) is 3.53. The number of aromatic amines is 1. The first kappa shape index (κ1) is 26.8. The number of urea groups is 1. The van der Waals surface area contributed by atoms with Crippen LogP contribution in [0.3, 0.4) is 0 Å². The number of hydrogen-bond acceptors (Lipinski definition) is 5. The highest BCUT2D eigenvalue weighted by molar-refractivity contribution is 6.24. The number of likely N-dealkylation sites (tertiary alicyclic amines) is 1. The maximum atomic E-state index is 14.4. The molecule has 3 aromatic carbocycles. The fourth-order valence-electron chi connectivity index (χ4n) is 6.80. The molecule has 7 rings (SSSR count). The number of methoxy groups -OCH3 is 1. The minimum atomic E-state index is -0.861. The molecular formula is C33H30N4O6. The summed E-state index contributed by atoms with van der Waals surface area (Å²) in [4.78, 5) is 61.6. The number of H-pyrrole nitrogens is 1. The van der Waals surface area contributed by atoms with Crippen molar-refractivity contribution in [3.05, 3.63) is 95.2 Å². The SMILES string of the molecule is COc1cccc([C@H]2c3[nH]c4ccccc4c3C[C@H]3C(=O)N(c4ccccc4C(=O)N4CCC(C(=O)O)CC4)C(=O)N23)c1. The van der Waals surface area contributed by atoms with Crippen molar-refractivity contribution in [2.45, 2.75) is 31.3 Å². The van der Waals surface area contributed by atoms with E-state index in [1.165, 1.54) is 0 Å². The van der Waals surface area contributed by atoms with Gasteiger partial charge in [0, 0.05) is 36.1 Å². The molecule has 0 radical (unpaired) electrons. The van der Waals surface area contributed by atoms with Gasteiger partial charge in [0.15, 0.2) is 0 Å². The number of aromatic nitrogens is 1. The Hall–Kier alpha value is -5.12. The summed E-state index contributed by atoms with van der Waals surface area (Å²) in [6.45, 7) is 0.584. The first-order chi connectivity index (χ1) is 20.9. The molecule has 0 saturated carbocycles. The van der Waals surface area contributed by atoms with Crippen molar-refractivity contribution < 1.29 is 29.0 Å². The number of nitrogens with zero attached hydrogens (tertiary/aromatic N) is 3. The lowest BCUT2D eigenvalue weighted by molar-refractivity contribution is -0.143. The van der Waals surface area contributed by atoms with Crippen molar-refractivity contribution in [1.29, 1.82) is 0 Å². The van der Waals surface area contributed by atoms with Gasteiger partial charge in [-0.25, -0.2) is 9.69 Å². The van der Waals surface area contributed by atoms with Crippen molar-refractivity contribution in [2.75, 3.05) is 25.1 Å². The van der Waals surface area contributed by atoms with Crippen molar-refractivity contribution >= 4 is 40.4 Å². The predicted octanol–water partition coefficient (Wildman–Crippen LogP) is 4.60. The summed E-state index contributed by atoms with van der Waals surface area (Å²) in [5.74, 6) is -1.43. The maximum Gasteiger partial charge on any atom is 0.332 e. The summed E-state index contributed by atoms with van der Waals surface area (Å²) < 4.78 is 5.50. The van der Waals surface area contributed by atoms with Crippen LogP contribution in [0.1, 0.15) is 46.1 Å². The molecule has 0 bridgehead atoms. The van der Waals surface area contributed by atoms with Crippen LogP contribution in [0.25, 0.3) is 10.9 Å². The smallest absolute Gasteiger partial charge is 0.332 e. The van der Waals surface area contributed by atoms with Crippen LogP contribution >= 0.6 is 0 Å². The van der Waals surface area contributed by atoms with Crippen molar-refractivity contribution in [1.82, 2.24) is 14.8 Å². The first-order valence-corrected chi connectivity index (χ1v) is 14.4. The summed E-state index contributed by atoms with van der Waals surface area (Å²) in [6.07, 6.45) is 1.04. The van der Waals surface area contributed by atoms with E-state index in [-0.39, 0.29) is 17.2 Å². The summed E-state index contributed by atoms with van der Waals surface area (Å²) in [6, 6.07) is 20.2. The number of carbonyl (C=O) groups excluding carboxylic acids is 3. The molecule has 2 N–H and O–H groups in total. The highest BCUT2D eigenvalue weighted by atomic mass is 16.5. The molecule has 4 heterocycles. The van der Waals surface area contributed by atoms with E-state index in [1.54, 1.807) is 41.2 Å². The second-order valence-corrected chi connectivity index (χ2v) is 11.2. The van der Waals surface area contributed by atoms with Crippen LogP contribution in [0.2, 0.25) is 0 Å². The summed E-state index contributed by atoms with van der Waals surface area (Å²) in [5, 5.41) is 10.4. The highest BCUT2D eigenvalue weighted by Gasteiger charge is 2.53. The second-order valence-electron chi connectivity index (χ2n) is 11.2. The topological polar surface area (TPSA) is 123 Å². The predicted molar refractivity (Wildman–Crippen MR) is 158 cm³/mol. The first-order valence-electron chi connectivity index (χ1n) is 14.4. The molecule has 3 aliphatic rings. The Bertz CT molecular complexity index is 1790. The summed E-state index contributed by atoms with van der Waals surface area (Å²) >= 11 is 0. The van der Waals surface area contributed by atoms with Gasteiger partial charge in [-0.1, -0.05) is 42.5 Å². The van der Waals surface area contributed by atoms with Gasteiger partial charge in [-0.15, -0.1) is 0 Å². The van der Waals surface area contributed by atoms with Gasteiger partial charge in [-0.3, -0.25) is 19.3 Å². The number of nitrogens with one attached hydrogen (secondary N) is 1. The molecule has 0 unspecified atom stereocenters. The third-order valence-electron chi connectivity index (χ3n) is 8.97. The van der Waals surface area contributed by atoms with E-state index in [0.29, 0.717) is 38.1 Å². The van der Waals surface area contributed by atoms with E-state index in [4.69, 9.17) is 4.74 Å². The normalized spacial score (nSPS) is 20.3. The zero-order valence-corrected chi connectivity index (χ0v) is 23.5. The van der Waals surface area contributed by atoms with Crippen LogP contribution in [0.5, 0.6) is 5.75 Å². The zero-order valence-electron chi connectivity index (χ0n) is 23.5. The molecule has 1 aromatic heterocycles. The third kappa shape index (κ3) is 4.24. The number of rotatable bonds is 5. The number of carboxylic acids is 1. The number of fused-ring (bicyclic) bond motifs is 4. The molecule has 2 saturated heterocycles. The van der Waals surface area contributed by atoms with E-state index >= 15 is 0 Å². The van der Waals surface area contributed by atoms with Gasteiger partial charge < -0.3 is 19.7 Å². The molecule has 0 spiro atoms. The number of ether oxygens (including phenoxy) is 1. The van der Waals surface area contributed by atoms with Crippen LogP contribution < -0.4 is 9.64 Å². The van der Waals surface area contributed by atoms with Gasteiger partial charge in [-0.05, 0) is 54.3 Å². The third-order valence-corrected chi connectivity index (χ3v) is 8.97. The Labute approximate surface area is 247 Å². The number of piperidine rings is 1. The number of carboxylic acid groups (broad SMARTS) is 1. The van der Waals surface area contributed by atoms with E-state index in [9.17, 15) is 24.3 Å². The lowest BCUT2D eigenvalue weighted by atomic mass is 9.89. The van der Waals surface area contributed by atoms with Gasteiger partial charge in [0.1, 0.15) is 17.8 Å². The fraction of sp³-hybridized carbons (Fsp3) is 0.273. The number of hydrogen-bond donors (Lipinski definition) is 2. The summed E-state index contributed by atoms with van der Waals surface area (Å²) in [5.41, 5.74) is 4.03. The minimum absolute atomic E-state index is 0.232. The Morgan fingerprint density at radius 1 is 0.953 bits per heavy atom. The largest absolute Gasteiger partial charge is 0.497 e. The number of benzene rings is 3. The van der Waals surface area contributed by atoms with Gasteiger partial charge in [-0.2, -0.15) is 0 Å². The number of carbonyl (C=O) groups is 4. The molecule has 43 heavy (non-hydrogen) atoms. The number of anilines is 1. The Morgan fingerprint density at radius 3 is 2.47 bits per heavy atom. The van der Waals surface area contributed by atoms with E-state index in [2.05, 4.69) is 4.98 Å². The number of imide groups is 1. The highest BCUT2D eigenvalue weighted by Crippen LogP contribution is 2.45. The molecule has 2 atom stereocenters. The molecule has 3 aliphatic heterocycles. The van der Waals surface area contributed by atoms with Gasteiger partial charge in [0.25, 0.3) is 11.8 Å². The number of aliphatic carboxylic acids is 1. The zero-order chi connectivity index (χ0) is 29.8. The van der Waals surface area contributed by atoms with Crippen LogP contribution in [0, 0.1) is 5.92 Å². The van der Waals surface area contributed by atoms with E-state index in [1.807, 2.05) is 48.5 Å². The minimum Gasteiger partial charge on any atom is -0.497 e. The number of para-hydroxylation sites is 2. The standard InChI is InChI=1S/C33H30N4O6/c1-43-21-8-6-7-20(17-21)29-28-24(22-9-2-4-11-25(22)34-28)18-27-31(39)37(33(42)36(27)29)26-12-5-3-10-23(26)30(38)35-15-13-19(14-16-35)32(40)41/h2-12,17,19,27,29,34H,13-16,18H2,1H3,(H,40,41)/t27-,29-/m0/s1. The Morgan fingerprint density at radius 2 is 1.70 bits per heavy atom. The van der Waals surface area contributed by atoms with Crippen molar-refractivity contribution in [2.24, 2.45) is 5.92 Å². The van der Waals surface area contributed by atoms with Crippen molar-refractivity contribution in [3.63, 3.8) is 0 Å². The fourth-order valence-corrected chi connectivity index (χ4v) is 6.80. The molecule has 10 heteroatoms. The average molecular weight is 579 g/mol. The Balaban J connectivity index is 1.29. The Kier molecular flexibility index (Phi) is 6.41.